The summed E-state index contributed by atoms with van der Waals surface area (Å²) >= 11 is 1.81. The number of allylic oxidation sites excluding steroid dienone is 1. The Morgan fingerprint density at radius 3 is 2.83 bits per heavy atom. The fraction of sp³-hybridized carbons (Fsp3) is 0.0588. The van der Waals surface area contributed by atoms with E-state index in [9.17, 15) is 0 Å². The van der Waals surface area contributed by atoms with E-state index in [0.717, 1.165) is 6.42 Å². The van der Waals surface area contributed by atoms with Crippen molar-refractivity contribution in [2.24, 2.45) is 0 Å². The molecule has 1 aliphatic rings. The van der Waals surface area contributed by atoms with Crippen molar-refractivity contribution in [1.82, 2.24) is 0 Å². The Morgan fingerprint density at radius 2 is 1.94 bits per heavy atom. The summed E-state index contributed by atoms with van der Waals surface area (Å²) in [6.45, 7) is 0. The van der Waals surface area contributed by atoms with Crippen LogP contribution >= 0.6 is 11.3 Å². The molecule has 0 saturated carbocycles. The van der Waals surface area contributed by atoms with Gasteiger partial charge in [0.15, 0.2) is 0 Å². The minimum atomic E-state index is 1.05. The van der Waals surface area contributed by atoms with Gasteiger partial charge >= 0.3 is 0 Å². The third-order valence-corrected chi connectivity index (χ3v) is 4.48. The summed E-state index contributed by atoms with van der Waals surface area (Å²) < 4.78 is 0. The van der Waals surface area contributed by atoms with Crippen LogP contribution in [0.25, 0.3) is 27.3 Å². The minimum Gasteiger partial charge on any atom is -0.144 e. The van der Waals surface area contributed by atoms with Crippen molar-refractivity contribution in [3.05, 3.63) is 65.0 Å². The lowest BCUT2D eigenvalue weighted by atomic mass is 9.89. The van der Waals surface area contributed by atoms with Gasteiger partial charge in [-0.05, 0) is 45.3 Å². The molecule has 2 aromatic carbocycles. The molecular weight excluding hydrogens is 236 g/mol. The van der Waals surface area contributed by atoms with Crippen molar-refractivity contribution in [2.45, 2.75) is 6.42 Å². The van der Waals surface area contributed by atoms with Gasteiger partial charge in [-0.25, -0.2) is 0 Å². The van der Waals surface area contributed by atoms with Crippen LogP contribution in [0.4, 0.5) is 0 Å². The van der Waals surface area contributed by atoms with Crippen molar-refractivity contribution in [2.75, 3.05) is 0 Å². The van der Waals surface area contributed by atoms with Gasteiger partial charge in [0.05, 0.1) is 0 Å². The van der Waals surface area contributed by atoms with Crippen molar-refractivity contribution in [1.29, 1.82) is 0 Å². The smallest absolute Gasteiger partial charge is 0.0348 e. The zero-order valence-electron chi connectivity index (χ0n) is 9.89. The molecule has 0 atom stereocenters. The molecule has 86 valence electrons. The van der Waals surface area contributed by atoms with Gasteiger partial charge in [0.25, 0.3) is 0 Å². The van der Waals surface area contributed by atoms with Crippen LogP contribution in [-0.4, -0.2) is 0 Å². The van der Waals surface area contributed by atoms with Crippen LogP contribution in [0.5, 0.6) is 0 Å². The lowest BCUT2D eigenvalue weighted by Crippen LogP contribution is -1.94. The quantitative estimate of drug-likeness (QED) is 0.559. The summed E-state index contributed by atoms with van der Waals surface area (Å²) in [5.74, 6) is 0. The normalized spacial score (nSPS) is 13.1. The molecule has 18 heavy (non-hydrogen) atoms. The largest absolute Gasteiger partial charge is 0.144 e. The van der Waals surface area contributed by atoms with Crippen LogP contribution in [0.1, 0.15) is 11.1 Å². The maximum atomic E-state index is 2.28. The molecule has 0 N–H and O–H groups in total. The molecule has 0 spiro atoms. The van der Waals surface area contributed by atoms with E-state index >= 15 is 0 Å². The van der Waals surface area contributed by atoms with Gasteiger partial charge in [0.2, 0.25) is 0 Å². The molecule has 0 bridgehead atoms. The van der Waals surface area contributed by atoms with Gasteiger partial charge in [0.1, 0.15) is 0 Å². The second kappa shape index (κ2) is 3.82. The molecule has 1 heteroatoms. The molecular formula is C17H12S. The molecule has 0 aliphatic heterocycles. The molecule has 1 heterocycles. The van der Waals surface area contributed by atoms with Gasteiger partial charge in [0, 0.05) is 4.88 Å². The SMILES string of the molecule is C1=Cc2c(-c3cccs3)ccc3cccc(c23)C1. The molecule has 0 fully saturated rings. The Labute approximate surface area is 110 Å². The highest BCUT2D eigenvalue weighted by atomic mass is 32.1. The van der Waals surface area contributed by atoms with Crippen LogP contribution < -0.4 is 0 Å². The zero-order chi connectivity index (χ0) is 11.9. The highest BCUT2D eigenvalue weighted by Crippen LogP contribution is 2.37. The number of rotatable bonds is 1. The average molecular weight is 248 g/mol. The first-order valence-corrected chi connectivity index (χ1v) is 7.06. The van der Waals surface area contributed by atoms with E-state index in [1.807, 2.05) is 11.3 Å². The summed E-state index contributed by atoms with van der Waals surface area (Å²) in [5, 5.41) is 4.93. The average Bonchev–Trinajstić information content (AvgIpc) is 2.94. The third kappa shape index (κ3) is 1.37. The summed E-state index contributed by atoms with van der Waals surface area (Å²) in [6, 6.07) is 15.4. The molecule has 0 saturated heterocycles. The number of hydrogen-bond donors (Lipinski definition) is 0. The second-order valence-electron chi connectivity index (χ2n) is 4.63. The third-order valence-electron chi connectivity index (χ3n) is 3.58. The number of benzene rings is 2. The van der Waals surface area contributed by atoms with Gasteiger partial charge in [-0.1, -0.05) is 48.6 Å². The Balaban J connectivity index is 2.13. The van der Waals surface area contributed by atoms with E-state index in [1.54, 1.807) is 0 Å². The molecule has 3 aromatic rings. The molecule has 0 unspecified atom stereocenters. The molecule has 0 nitrogen and oxygen atoms in total. The van der Waals surface area contributed by atoms with Gasteiger partial charge in [-0.3, -0.25) is 0 Å². The lowest BCUT2D eigenvalue weighted by Gasteiger charge is -2.15. The summed E-state index contributed by atoms with van der Waals surface area (Å²) in [6.07, 6.45) is 5.61. The van der Waals surface area contributed by atoms with Crippen LogP contribution in [0.2, 0.25) is 0 Å². The predicted molar refractivity (Wildman–Crippen MR) is 80.0 cm³/mol. The van der Waals surface area contributed by atoms with Gasteiger partial charge in [-0.2, -0.15) is 0 Å². The first-order chi connectivity index (χ1) is 8.93. The molecule has 0 amide bonds. The monoisotopic (exact) mass is 248 g/mol. The van der Waals surface area contributed by atoms with E-state index in [2.05, 4.69) is 60.0 Å². The fourth-order valence-electron chi connectivity index (χ4n) is 2.78. The highest BCUT2D eigenvalue weighted by Gasteiger charge is 2.13. The molecule has 1 aromatic heterocycles. The van der Waals surface area contributed by atoms with E-state index in [1.165, 1.54) is 32.3 Å². The Hall–Kier alpha value is -1.86. The highest BCUT2D eigenvalue weighted by molar-refractivity contribution is 7.13. The molecule has 0 radical (unpaired) electrons. The first-order valence-electron chi connectivity index (χ1n) is 6.18. The van der Waals surface area contributed by atoms with Crippen LogP contribution in [-0.2, 0) is 6.42 Å². The summed E-state index contributed by atoms with van der Waals surface area (Å²) in [5.41, 5.74) is 4.20. The van der Waals surface area contributed by atoms with E-state index in [0.29, 0.717) is 0 Å². The molecule has 1 aliphatic carbocycles. The van der Waals surface area contributed by atoms with E-state index in [4.69, 9.17) is 0 Å². The van der Waals surface area contributed by atoms with E-state index in [-0.39, 0.29) is 0 Å². The number of thiophene rings is 1. The Kier molecular flexibility index (Phi) is 2.14. The zero-order valence-corrected chi connectivity index (χ0v) is 10.7. The molecule has 4 rings (SSSR count). The standard InChI is InChI=1S/C17H12S/c1-4-12-6-2-7-15-14(16-8-3-11-18-16)10-9-13(5-1)17(12)15/h1-5,7-11H,6H2. The van der Waals surface area contributed by atoms with Crippen molar-refractivity contribution < 1.29 is 0 Å². The Morgan fingerprint density at radius 1 is 0.944 bits per heavy atom. The maximum Gasteiger partial charge on any atom is 0.0348 e. The van der Waals surface area contributed by atoms with Crippen LogP contribution in [0.3, 0.4) is 0 Å². The minimum absolute atomic E-state index is 1.05. The van der Waals surface area contributed by atoms with Crippen molar-refractivity contribution in [3.8, 4) is 10.4 Å². The number of hydrogen-bond acceptors (Lipinski definition) is 1. The topological polar surface area (TPSA) is 0 Å². The van der Waals surface area contributed by atoms with Crippen molar-refractivity contribution in [3.63, 3.8) is 0 Å². The maximum absolute atomic E-state index is 2.28. The summed E-state index contributed by atoms with van der Waals surface area (Å²) in [7, 11) is 0. The van der Waals surface area contributed by atoms with Crippen molar-refractivity contribution >= 4 is 28.2 Å². The van der Waals surface area contributed by atoms with Gasteiger partial charge < -0.3 is 0 Å². The summed E-state index contributed by atoms with van der Waals surface area (Å²) in [4.78, 5) is 1.35. The predicted octanol–water partition coefficient (Wildman–Crippen LogP) is 5.14. The first kappa shape index (κ1) is 10.1. The van der Waals surface area contributed by atoms with Crippen LogP contribution in [0.15, 0.2) is 53.9 Å². The van der Waals surface area contributed by atoms with Crippen LogP contribution in [0, 0.1) is 0 Å². The second-order valence-corrected chi connectivity index (χ2v) is 5.57. The lowest BCUT2D eigenvalue weighted by molar-refractivity contribution is 1.29. The van der Waals surface area contributed by atoms with E-state index < -0.39 is 0 Å². The Bertz CT molecular complexity index is 749. The fourth-order valence-corrected chi connectivity index (χ4v) is 3.54. The van der Waals surface area contributed by atoms with Gasteiger partial charge in [-0.15, -0.1) is 11.3 Å².